The maximum atomic E-state index is 13.2. The molecule has 0 saturated carbocycles. The van der Waals surface area contributed by atoms with Crippen LogP contribution in [0.1, 0.15) is 15.9 Å². The van der Waals surface area contributed by atoms with Crippen molar-refractivity contribution in [1.29, 1.82) is 0 Å². The predicted molar refractivity (Wildman–Crippen MR) is 141 cm³/mol. The molecule has 2 N–H and O–H groups in total. The molecule has 0 unspecified atom stereocenters. The predicted octanol–water partition coefficient (Wildman–Crippen LogP) is 1.57. The van der Waals surface area contributed by atoms with Gasteiger partial charge in [0, 0.05) is 16.9 Å². The summed E-state index contributed by atoms with van der Waals surface area (Å²) in [4.78, 5) is 36.4. The van der Waals surface area contributed by atoms with Gasteiger partial charge in [-0.2, -0.15) is 0 Å². The number of carbonyl (C=O) groups is 3. The van der Waals surface area contributed by atoms with E-state index in [9.17, 15) is 28.3 Å². The molecule has 0 spiro atoms. The Labute approximate surface area is 251 Å². The average Bonchev–Trinajstić information content (AvgIpc) is 2.91. The Hall–Kier alpha value is -3.89. The van der Waals surface area contributed by atoms with Crippen molar-refractivity contribution in [1.82, 2.24) is 0 Å². The van der Waals surface area contributed by atoms with E-state index >= 15 is 0 Å². The second kappa shape index (κ2) is 14.0. The van der Waals surface area contributed by atoms with Gasteiger partial charge < -0.3 is 25.3 Å². The Morgan fingerprint density at radius 3 is 1.65 bits per heavy atom. The molecule has 0 aliphatic heterocycles. The molecule has 4 rings (SSSR count). The van der Waals surface area contributed by atoms with Crippen molar-refractivity contribution in [3.8, 4) is 22.3 Å². The van der Waals surface area contributed by atoms with Crippen molar-refractivity contribution in [3.63, 3.8) is 0 Å². The van der Waals surface area contributed by atoms with Gasteiger partial charge in [0.05, 0.1) is 5.97 Å². The second-order valence-electron chi connectivity index (χ2n) is 8.68. The van der Waals surface area contributed by atoms with E-state index in [1.165, 1.54) is 48.5 Å². The van der Waals surface area contributed by atoms with Crippen LogP contribution in [0.3, 0.4) is 0 Å². The molecule has 0 radical (unpaired) electrons. The second-order valence-corrected chi connectivity index (χ2v) is 8.68. The third kappa shape index (κ3) is 8.06. The molecule has 198 valence electrons. The SMILES string of the molecule is Cc1ccc(-c2ccc(F)cc2)cc1NC(=O)COCC(=O)Nc1ccc(-c2ccc(F)cc2)cc1C(=O)[O-].[Na+]. The Balaban J connectivity index is 0.00000441. The molecule has 0 heterocycles. The minimum absolute atomic E-state index is 0. The van der Waals surface area contributed by atoms with Crippen molar-refractivity contribution in [2.45, 2.75) is 6.92 Å². The summed E-state index contributed by atoms with van der Waals surface area (Å²) in [5, 5.41) is 16.8. The minimum atomic E-state index is -1.51. The van der Waals surface area contributed by atoms with Gasteiger partial charge in [0.1, 0.15) is 24.8 Å². The zero-order valence-electron chi connectivity index (χ0n) is 21.8. The van der Waals surface area contributed by atoms with Gasteiger partial charge >= 0.3 is 29.6 Å². The number of aromatic carboxylic acids is 1. The van der Waals surface area contributed by atoms with Gasteiger partial charge in [-0.3, -0.25) is 9.59 Å². The fraction of sp³-hybridized carbons (Fsp3) is 0.100. The monoisotopic (exact) mass is 552 g/mol. The number of carbonyl (C=O) groups excluding carboxylic acids is 3. The van der Waals surface area contributed by atoms with E-state index in [-0.39, 0.29) is 46.6 Å². The number of amides is 2. The van der Waals surface area contributed by atoms with Gasteiger partial charge in [0.25, 0.3) is 0 Å². The van der Waals surface area contributed by atoms with Gasteiger partial charge in [0.2, 0.25) is 11.8 Å². The van der Waals surface area contributed by atoms with Crippen LogP contribution in [-0.2, 0) is 14.3 Å². The van der Waals surface area contributed by atoms with Gasteiger partial charge in [-0.05, 0) is 77.2 Å². The van der Waals surface area contributed by atoms with Crippen LogP contribution in [0.4, 0.5) is 20.2 Å². The van der Waals surface area contributed by atoms with Crippen molar-refractivity contribution < 1.29 is 62.6 Å². The number of hydrogen-bond acceptors (Lipinski definition) is 5. The Morgan fingerprint density at radius 2 is 1.12 bits per heavy atom. The molecule has 40 heavy (non-hydrogen) atoms. The number of rotatable bonds is 9. The largest absolute Gasteiger partial charge is 1.00 e. The molecule has 0 atom stereocenters. The van der Waals surface area contributed by atoms with Crippen LogP contribution in [0, 0.1) is 18.6 Å². The van der Waals surface area contributed by atoms with E-state index in [1.54, 1.807) is 24.3 Å². The molecule has 0 aliphatic carbocycles. The number of anilines is 2. The van der Waals surface area contributed by atoms with Crippen LogP contribution in [0.25, 0.3) is 22.3 Å². The standard InChI is InChI=1S/C30H24F2N2O5.Na/c1-18-2-3-22(20-6-11-24(32)12-7-20)15-27(18)34-29(36)17-39-16-28(35)33-26-13-8-21(14-25(26)30(37)38)19-4-9-23(31)10-5-19;/h2-15H,16-17H2,1H3,(H,33,35)(H,34,36)(H,37,38);/q;+1/p-1. The average molecular weight is 553 g/mol. The first kappa shape index (κ1) is 30.6. The Bertz CT molecular complexity index is 1530. The van der Waals surface area contributed by atoms with Crippen LogP contribution in [-0.4, -0.2) is 31.0 Å². The first-order chi connectivity index (χ1) is 18.7. The number of nitrogens with one attached hydrogen (secondary N) is 2. The number of aryl methyl sites for hydroxylation is 1. The molecule has 0 bridgehead atoms. The van der Waals surface area contributed by atoms with E-state index in [1.807, 2.05) is 19.1 Å². The topological polar surface area (TPSA) is 108 Å². The van der Waals surface area contributed by atoms with Gasteiger partial charge in [-0.25, -0.2) is 8.78 Å². The van der Waals surface area contributed by atoms with Crippen LogP contribution in [0.5, 0.6) is 0 Å². The van der Waals surface area contributed by atoms with Crippen molar-refractivity contribution >= 4 is 29.2 Å². The summed E-state index contributed by atoms with van der Waals surface area (Å²) in [6, 6.07) is 21.2. The smallest absolute Gasteiger partial charge is 0.545 e. The molecule has 0 aliphatic rings. The third-order valence-corrected chi connectivity index (χ3v) is 5.85. The Morgan fingerprint density at radius 1 is 0.675 bits per heavy atom. The first-order valence-electron chi connectivity index (χ1n) is 11.8. The maximum absolute atomic E-state index is 13.2. The van der Waals surface area contributed by atoms with E-state index in [2.05, 4.69) is 10.6 Å². The fourth-order valence-corrected chi connectivity index (χ4v) is 3.83. The van der Waals surface area contributed by atoms with Gasteiger partial charge in [0.15, 0.2) is 0 Å². The normalized spacial score (nSPS) is 10.4. The molecule has 10 heteroatoms. The molecular weight excluding hydrogens is 529 g/mol. The number of hydrogen-bond donors (Lipinski definition) is 2. The number of halogens is 2. The summed E-state index contributed by atoms with van der Waals surface area (Å²) in [5.74, 6) is -3.45. The van der Waals surface area contributed by atoms with Crippen LogP contribution in [0.2, 0.25) is 0 Å². The molecule has 4 aromatic rings. The van der Waals surface area contributed by atoms with Crippen molar-refractivity contribution in [2.75, 3.05) is 23.8 Å². The zero-order chi connectivity index (χ0) is 27.9. The number of benzene rings is 4. The van der Waals surface area contributed by atoms with Crippen LogP contribution >= 0.6 is 0 Å². The zero-order valence-corrected chi connectivity index (χ0v) is 23.8. The van der Waals surface area contributed by atoms with Gasteiger partial charge in [-0.1, -0.05) is 42.5 Å². The molecule has 0 aromatic heterocycles. The number of ether oxygens (including phenoxy) is 1. The van der Waals surface area contributed by atoms with E-state index in [4.69, 9.17) is 4.74 Å². The summed E-state index contributed by atoms with van der Waals surface area (Å²) < 4.78 is 31.6. The minimum Gasteiger partial charge on any atom is -0.545 e. The van der Waals surface area contributed by atoms with Crippen molar-refractivity contribution in [3.05, 3.63) is 108 Å². The van der Waals surface area contributed by atoms with E-state index in [0.717, 1.165) is 16.7 Å². The summed E-state index contributed by atoms with van der Waals surface area (Å²) in [6.07, 6.45) is 0. The molecule has 7 nitrogen and oxygen atoms in total. The van der Waals surface area contributed by atoms with Crippen LogP contribution < -0.4 is 45.3 Å². The van der Waals surface area contributed by atoms with Gasteiger partial charge in [-0.15, -0.1) is 0 Å². The van der Waals surface area contributed by atoms with Crippen molar-refractivity contribution in [2.24, 2.45) is 0 Å². The summed E-state index contributed by atoms with van der Waals surface area (Å²) >= 11 is 0. The molecule has 0 saturated heterocycles. The fourth-order valence-electron chi connectivity index (χ4n) is 3.83. The number of carboxylic acids is 1. The Kier molecular flexibility index (Phi) is 10.7. The third-order valence-electron chi connectivity index (χ3n) is 5.85. The summed E-state index contributed by atoms with van der Waals surface area (Å²) in [6.45, 7) is 0.882. The molecule has 2 amide bonds. The van der Waals surface area contributed by atoms with Crippen LogP contribution in [0.15, 0.2) is 84.9 Å². The first-order valence-corrected chi connectivity index (χ1v) is 11.8. The molecular formula is C30H23F2N2NaO5. The molecule has 0 fully saturated rings. The number of carboxylic acid groups (broad SMARTS) is 1. The van der Waals surface area contributed by atoms with E-state index < -0.39 is 36.8 Å². The quantitative estimate of drug-likeness (QED) is 0.307. The van der Waals surface area contributed by atoms with E-state index in [0.29, 0.717) is 16.8 Å². The maximum Gasteiger partial charge on any atom is 1.00 e. The summed E-state index contributed by atoms with van der Waals surface area (Å²) in [5.41, 5.74) is 3.71. The molecule has 4 aromatic carbocycles. The summed E-state index contributed by atoms with van der Waals surface area (Å²) in [7, 11) is 0.